The Morgan fingerprint density at radius 1 is 1.07 bits per heavy atom. The van der Waals surface area contributed by atoms with Crippen molar-refractivity contribution in [1.82, 2.24) is 4.98 Å². The molecule has 28 heavy (non-hydrogen) atoms. The molecule has 0 N–H and O–H groups in total. The molecule has 0 aliphatic carbocycles. The molecule has 2 heterocycles. The van der Waals surface area contributed by atoms with Gasteiger partial charge < -0.3 is 4.42 Å². The first-order valence-corrected chi connectivity index (χ1v) is 10.4. The highest BCUT2D eigenvalue weighted by Gasteiger charge is 2.18. The van der Waals surface area contributed by atoms with Crippen LogP contribution >= 0.6 is 23.1 Å². The molecule has 0 amide bonds. The molecule has 4 aromatic rings. The van der Waals surface area contributed by atoms with Gasteiger partial charge >= 0.3 is 5.63 Å². The lowest BCUT2D eigenvalue weighted by molar-refractivity contribution is 0.561. The van der Waals surface area contributed by atoms with Crippen LogP contribution in [-0.4, -0.2) is 4.98 Å². The Morgan fingerprint density at radius 3 is 2.50 bits per heavy atom. The SMILES string of the molecule is CC(C)(C)c1cnc(Sc2ccc3c(-c4ccc(F)cc4)cc(=O)oc3c2)s1. The summed E-state index contributed by atoms with van der Waals surface area (Å²) in [5.41, 5.74) is 1.64. The van der Waals surface area contributed by atoms with Crippen molar-refractivity contribution in [3.63, 3.8) is 0 Å². The first-order chi connectivity index (χ1) is 13.3. The van der Waals surface area contributed by atoms with Crippen LogP contribution in [0.25, 0.3) is 22.1 Å². The molecule has 0 aliphatic heterocycles. The Kier molecular flexibility index (Phi) is 4.85. The topological polar surface area (TPSA) is 43.1 Å². The van der Waals surface area contributed by atoms with E-state index < -0.39 is 5.63 Å². The third kappa shape index (κ3) is 3.88. The van der Waals surface area contributed by atoms with Crippen LogP contribution in [0.2, 0.25) is 0 Å². The number of hydrogen-bond acceptors (Lipinski definition) is 5. The van der Waals surface area contributed by atoms with E-state index in [0.29, 0.717) is 5.58 Å². The van der Waals surface area contributed by atoms with E-state index in [-0.39, 0.29) is 11.2 Å². The van der Waals surface area contributed by atoms with Crippen molar-refractivity contribution in [2.45, 2.75) is 35.4 Å². The number of aromatic nitrogens is 1. The Morgan fingerprint density at radius 2 is 1.82 bits per heavy atom. The second-order valence-electron chi connectivity index (χ2n) is 7.49. The van der Waals surface area contributed by atoms with Crippen molar-refractivity contribution in [2.24, 2.45) is 0 Å². The number of hydrogen-bond donors (Lipinski definition) is 0. The largest absolute Gasteiger partial charge is 0.423 e. The van der Waals surface area contributed by atoms with Gasteiger partial charge in [0.25, 0.3) is 0 Å². The lowest BCUT2D eigenvalue weighted by Crippen LogP contribution is -2.07. The van der Waals surface area contributed by atoms with E-state index >= 15 is 0 Å². The molecule has 0 saturated carbocycles. The average molecular weight is 412 g/mol. The third-order valence-electron chi connectivity index (χ3n) is 4.30. The fourth-order valence-electron chi connectivity index (χ4n) is 2.83. The number of fused-ring (bicyclic) bond motifs is 1. The summed E-state index contributed by atoms with van der Waals surface area (Å²) < 4.78 is 19.6. The van der Waals surface area contributed by atoms with E-state index in [1.807, 2.05) is 24.4 Å². The molecule has 0 aliphatic rings. The van der Waals surface area contributed by atoms with Crippen molar-refractivity contribution in [1.29, 1.82) is 0 Å². The minimum Gasteiger partial charge on any atom is -0.423 e. The van der Waals surface area contributed by atoms with E-state index in [2.05, 4.69) is 25.8 Å². The van der Waals surface area contributed by atoms with Crippen LogP contribution in [0.5, 0.6) is 0 Å². The molecule has 4 rings (SSSR count). The zero-order valence-corrected chi connectivity index (χ0v) is 17.3. The summed E-state index contributed by atoms with van der Waals surface area (Å²) in [4.78, 5) is 18.7. The van der Waals surface area contributed by atoms with Gasteiger partial charge in [0, 0.05) is 27.4 Å². The second kappa shape index (κ2) is 7.18. The molecule has 2 aromatic heterocycles. The van der Waals surface area contributed by atoms with Gasteiger partial charge in [0.2, 0.25) is 0 Å². The van der Waals surface area contributed by atoms with Crippen LogP contribution in [0.1, 0.15) is 25.6 Å². The van der Waals surface area contributed by atoms with E-state index in [1.54, 1.807) is 35.2 Å². The van der Waals surface area contributed by atoms with Crippen molar-refractivity contribution in [2.75, 3.05) is 0 Å². The Balaban J connectivity index is 1.72. The number of halogens is 1. The van der Waals surface area contributed by atoms with Crippen LogP contribution < -0.4 is 5.63 Å². The molecule has 3 nitrogen and oxygen atoms in total. The molecule has 0 bridgehead atoms. The zero-order chi connectivity index (χ0) is 19.9. The highest BCUT2D eigenvalue weighted by molar-refractivity contribution is 8.01. The van der Waals surface area contributed by atoms with Gasteiger partial charge in [0.1, 0.15) is 11.4 Å². The minimum absolute atomic E-state index is 0.0662. The van der Waals surface area contributed by atoms with Gasteiger partial charge in [-0.2, -0.15) is 0 Å². The van der Waals surface area contributed by atoms with Crippen LogP contribution in [0.15, 0.2) is 73.2 Å². The highest BCUT2D eigenvalue weighted by Crippen LogP contribution is 2.37. The smallest absolute Gasteiger partial charge is 0.336 e. The fraction of sp³-hybridized carbons (Fsp3) is 0.182. The van der Waals surface area contributed by atoms with Crippen molar-refractivity contribution < 1.29 is 8.81 Å². The Hall–Kier alpha value is -2.44. The van der Waals surface area contributed by atoms with E-state index in [9.17, 15) is 9.18 Å². The van der Waals surface area contributed by atoms with Gasteiger partial charge in [-0.1, -0.05) is 44.7 Å². The molecular weight excluding hydrogens is 393 g/mol. The average Bonchev–Trinajstić information content (AvgIpc) is 3.10. The maximum absolute atomic E-state index is 13.2. The van der Waals surface area contributed by atoms with Crippen LogP contribution in [0, 0.1) is 5.82 Å². The Bertz CT molecular complexity index is 1200. The minimum atomic E-state index is -0.432. The van der Waals surface area contributed by atoms with Crippen molar-refractivity contribution >= 4 is 34.1 Å². The quantitative estimate of drug-likeness (QED) is 0.361. The molecule has 2 aromatic carbocycles. The van der Waals surface area contributed by atoms with Gasteiger partial charge in [-0.15, -0.1) is 11.3 Å². The van der Waals surface area contributed by atoms with E-state index in [0.717, 1.165) is 25.7 Å². The number of benzene rings is 2. The lowest BCUT2D eigenvalue weighted by Gasteiger charge is -2.14. The van der Waals surface area contributed by atoms with Crippen molar-refractivity contribution in [3.8, 4) is 11.1 Å². The van der Waals surface area contributed by atoms with E-state index in [4.69, 9.17) is 4.42 Å². The monoisotopic (exact) mass is 411 g/mol. The summed E-state index contributed by atoms with van der Waals surface area (Å²) in [5.74, 6) is -0.312. The highest BCUT2D eigenvalue weighted by atomic mass is 32.2. The summed E-state index contributed by atoms with van der Waals surface area (Å²) >= 11 is 3.21. The molecule has 142 valence electrons. The summed E-state index contributed by atoms with van der Waals surface area (Å²) in [6, 6.07) is 13.3. The lowest BCUT2D eigenvalue weighted by atomic mass is 9.96. The van der Waals surface area contributed by atoms with Gasteiger partial charge in [-0.05, 0) is 46.9 Å². The molecule has 0 atom stereocenters. The summed E-state index contributed by atoms with van der Waals surface area (Å²) in [6.45, 7) is 6.49. The summed E-state index contributed by atoms with van der Waals surface area (Å²) in [6.07, 6.45) is 1.92. The molecule has 0 spiro atoms. The van der Waals surface area contributed by atoms with Crippen LogP contribution in [-0.2, 0) is 5.41 Å². The van der Waals surface area contributed by atoms with Gasteiger partial charge in [-0.25, -0.2) is 14.2 Å². The number of rotatable bonds is 3. The first kappa shape index (κ1) is 18.9. The number of nitrogens with zero attached hydrogens (tertiary/aromatic N) is 1. The van der Waals surface area contributed by atoms with Crippen LogP contribution in [0.4, 0.5) is 4.39 Å². The third-order valence-corrected chi connectivity index (χ3v) is 6.79. The zero-order valence-electron chi connectivity index (χ0n) is 15.7. The van der Waals surface area contributed by atoms with Gasteiger partial charge in [0.15, 0.2) is 4.34 Å². The molecule has 0 unspecified atom stereocenters. The normalized spacial score (nSPS) is 11.9. The molecule has 0 fully saturated rings. The maximum atomic E-state index is 13.2. The second-order valence-corrected chi connectivity index (χ2v) is 9.84. The van der Waals surface area contributed by atoms with Gasteiger partial charge in [0.05, 0.1) is 0 Å². The molecular formula is C22H18FNO2S2. The molecule has 0 saturated heterocycles. The predicted octanol–water partition coefficient (Wildman–Crippen LogP) is 6.50. The fourth-order valence-corrected chi connectivity index (χ4v) is 4.87. The maximum Gasteiger partial charge on any atom is 0.336 e. The molecule has 6 heteroatoms. The Labute approximate surface area is 170 Å². The molecule has 0 radical (unpaired) electrons. The van der Waals surface area contributed by atoms with E-state index in [1.165, 1.54) is 23.1 Å². The summed E-state index contributed by atoms with van der Waals surface area (Å²) in [5, 5.41) is 0.810. The van der Waals surface area contributed by atoms with Crippen LogP contribution in [0.3, 0.4) is 0 Å². The summed E-state index contributed by atoms with van der Waals surface area (Å²) in [7, 11) is 0. The number of thiazole rings is 1. The van der Waals surface area contributed by atoms with Gasteiger partial charge in [-0.3, -0.25) is 0 Å². The van der Waals surface area contributed by atoms with Crippen molar-refractivity contribution in [3.05, 3.63) is 75.8 Å². The predicted molar refractivity (Wildman–Crippen MR) is 113 cm³/mol. The standard InChI is InChI=1S/C22H18FNO2S2/c1-22(2,3)19-12-24-21(28-19)27-15-8-9-16-17(11-20(25)26-18(16)10-15)13-4-6-14(23)7-5-13/h4-12H,1-3H3. The first-order valence-electron chi connectivity index (χ1n) is 8.78.